The smallest absolute Gasteiger partial charge is 0.309 e. The highest BCUT2D eigenvalue weighted by Crippen LogP contribution is 2.20. The number of rotatable bonds is 3. The highest BCUT2D eigenvalue weighted by molar-refractivity contribution is 9.10. The molecule has 0 atom stereocenters. The molecule has 0 spiro atoms. The summed E-state index contributed by atoms with van der Waals surface area (Å²) in [5.41, 5.74) is 3.76. The third-order valence-corrected chi connectivity index (χ3v) is 3.19. The van der Waals surface area contributed by atoms with Crippen LogP contribution < -0.4 is 0 Å². The lowest BCUT2D eigenvalue weighted by atomic mass is 10.1. The van der Waals surface area contributed by atoms with Crippen LogP contribution in [0.5, 0.6) is 0 Å². The number of aryl methyl sites for hydroxylation is 2. The van der Waals surface area contributed by atoms with Crippen molar-refractivity contribution in [2.45, 2.75) is 20.3 Å². The number of aromatic nitrogens is 2. The average Bonchev–Trinajstić information content (AvgIpc) is 2.58. The topological polar surface area (TPSA) is 55.1 Å². The molecule has 2 rings (SSSR count). The first kappa shape index (κ1) is 12.8. The van der Waals surface area contributed by atoms with E-state index in [1.807, 2.05) is 26.0 Å². The molecule has 18 heavy (non-hydrogen) atoms. The SMILES string of the molecule is Cc1cc(C)cc(-n2cc(Br)c(CC(=O)O)n2)c1. The van der Waals surface area contributed by atoms with Crippen molar-refractivity contribution in [2.75, 3.05) is 0 Å². The van der Waals surface area contributed by atoms with Crippen molar-refractivity contribution in [3.63, 3.8) is 0 Å². The number of hydrogen-bond acceptors (Lipinski definition) is 2. The van der Waals surface area contributed by atoms with Gasteiger partial charge in [-0.3, -0.25) is 4.79 Å². The number of carbonyl (C=O) groups is 1. The van der Waals surface area contributed by atoms with E-state index >= 15 is 0 Å². The van der Waals surface area contributed by atoms with E-state index in [1.165, 1.54) is 0 Å². The van der Waals surface area contributed by atoms with Gasteiger partial charge in [-0.15, -0.1) is 0 Å². The first-order chi connectivity index (χ1) is 8.45. The second kappa shape index (κ2) is 4.94. The van der Waals surface area contributed by atoms with Crippen LogP contribution in [0.2, 0.25) is 0 Å². The fourth-order valence-corrected chi connectivity index (χ4v) is 2.28. The minimum Gasteiger partial charge on any atom is -0.481 e. The molecule has 1 aromatic heterocycles. The molecule has 0 fully saturated rings. The van der Waals surface area contributed by atoms with Crippen molar-refractivity contribution < 1.29 is 9.90 Å². The predicted octanol–water partition coefficient (Wildman–Crippen LogP) is 2.88. The highest BCUT2D eigenvalue weighted by Gasteiger charge is 2.11. The van der Waals surface area contributed by atoms with Crippen LogP contribution in [0.4, 0.5) is 0 Å². The van der Waals surface area contributed by atoms with Crippen molar-refractivity contribution in [1.82, 2.24) is 9.78 Å². The molecule has 4 nitrogen and oxygen atoms in total. The molecular weight excluding hydrogens is 296 g/mol. The summed E-state index contributed by atoms with van der Waals surface area (Å²) < 4.78 is 2.41. The number of hydrogen-bond donors (Lipinski definition) is 1. The van der Waals surface area contributed by atoms with Gasteiger partial charge in [0.25, 0.3) is 0 Å². The van der Waals surface area contributed by atoms with Gasteiger partial charge in [0.2, 0.25) is 0 Å². The fourth-order valence-electron chi connectivity index (χ4n) is 1.87. The van der Waals surface area contributed by atoms with E-state index in [0.717, 1.165) is 16.8 Å². The van der Waals surface area contributed by atoms with Gasteiger partial charge in [0.05, 0.1) is 22.3 Å². The lowest BCUT2D eigenvalue weighted by Gasteiger charge is -2.04. The molecule has 0 bridgehead atoms. The Morgan fingerprint density at radius 2 is 1.94 bits per heavy atom. The first-order valence-corrected chi connectivity index (χ1v) is 6.29. The number of carboxylic acid groups (broad SMARTS) is 1. The number of aliphatic carboxylic acids is 1. The molecule has 0 unspecified atom stereocenters. The Morgan fingerprint density at radius 1 is 1.33 bits per heavy atom. The van der Waals surface area contributed by atoms with Gasteiger partial charge in [-0.25, -0.2) is 4.68 Å². The lowest BCUT2D eigenvalue weighted by molar-refractivity contribution is -0.136. The van der Waals surface area contributed by atoms with Gasteiger partial charge in [0.15, 0.2) is 0 Å². The molecule has 0 aliphatic rings. The van der Waals surface area contributed by atoms with Gasteiger partial charge in [-0.2, -0.15) is 5.10 Å². The molecule has 0 saturated carbocycles. The van der Waals surface area contributed by atoms with Crippen LogP contribution in [0.3, 0.4) is 0 Å². The van der Waals surface area contributed by atoms with Crippen LogP contribution in [0.25, 0.3) is 5.69 Å². The van der Waals surface area contributed by atoms with E-state index in [-0.39, 0.29) is 6.42 Å². The maximum atomic E-state index is 10.7. The molecule has 0 radical (unpaired) electrons. The van der Waals surface area contributed by atoms with E-state index in [4.69, 9.17) is 5.11 Å². The van der Waals surface area contributed by atoms with Crippen LogP contribution in [-0.4, -0.2) is 20.9 Å². The molecule has 0 aliphatic heterocycles. The monoisotopic (exact) mass is 308 g/mol. The van der Waals surface area contributed by atoms with Crippen molar-refractivity contribution in [2.24, 2.45) is 0 Å². The molecule has 5 heteroatoms. The summed E-state index contributed by atoms with van der Waals surface area (Å²) in [5, 5.41) is 13.1. The maximum Gasteiger partial charge on any atom is 0.309 e. The van der Waals surface area contributed by atoms with Gasteiger partial charge in [-0.1, -0.05) is 6.07 Å². The Kier molecular flexibility index (Phi) is 3.52. The molecule has 94 valence electrons. The standard InChI is InChI=1S/C13H13BrN2O2/c1-8-3-9(2)5-10(4-8)16-7-11(14)12(15-16)6-13(17)18/h3-5,7H,6H2,1-2H3,(H,17,18). The van der Waals surface area contributed by atoms with E-state index < -0.39 is 5.97 Å². The quantitative estimate of drug-likeness (QED) is 0.948. The zero-order valence-electron chi connectivity index (χ0n) is 10.1. The van der Waals surface area contributed by atoms with Crippen LogP contribution in [0.1, 0.15) is 16.8 Å². The van der Waals surface area contributed by atoms with E-state index in [9.17, 15) is 4.79 Å². The van der Waals surface area contributed by atoms with Gasteiger partial charge in [-0.05, 0) is 53.0 Å². The van der Waals surface area contributed by atoms with Crippen LogP contribution in [0.15, 0.2) is 28.9 Å². The van der Waals surface area contributed by atoms with Crippen LogP contribution >= 0.6 is 15.9 Å². The minimum atomic E-state index is -0.888. The van der Waals surface area contributed by atoms with Crippen molar-refractivity contribution in [3.05, 3.63) is 45.7 Å². The zero-order valence-corrected chi connectivity index (χ0v) is 11.7. The Labute approximate surface area is 113 Å². The summed E-state index contributed by atoms with van der Waals surface area (Å²) >= 11 is 3.33. The fraction of sp³-hybridized carbons (Fsp3) is 0.231. The highest BCUT2D eigenvalue weighted by atomic mass is 79.9. The van der Waals surface area contributed by atoms with E-state index in [0.29, 0.717) is 10.2 Å². The summed E-state index contributed by atoms with van der Waals surface area (Å²) in [4.78, 5) is 10.7. The third kappa shape index (κ3) is 2.79. The second-order valence-corrected chi connectivity index (χ2v) is 5.14. The van der Waals surface area contributed by atoms with Crippen molar-refractivity contribution >= 4 is 21.9 Å². The Bertz CT molecular complexity index is 585. The summed E-state index contributed by atoms with van der Waals surface area (Å²) in [7, 11) is 0. The number of halogens is 1. The summed E-state index contributed by atoms with van der Waals surface area (Å²) in [6.07, 6.45) is 1.70. The minimum absolute atomic E-state index is 0.0849. The van der Waals surface area contributed by atoms with Crippen molar-refractivity contribution in [1.29, 1.82) is 0 Å². The average molecular weight is 309 g/mol. The molecular formula is C13H13BrN2O2. The summed E-state index contributed by atoms with van der Waals surface area (Å²) in [6.45, 7) is 4.04. The molecule has 0 aliphatic carbocycles. The molecule has 1 aromatic carbocycles. The molecule has 0 saturated heterocycles. The number of nitrogens with zero attached hydrogens (tertiary/aromatic N) is 2. The largest absolute Gasteiger partial charge is 0.481 e. The maximum absolute atomic E-state index is 10.7. The molecule has 1 N–H and O–H groups in total. The normalized spacial score (nSPS) is 10.6. The zero-order chi connectivity index (χ0) is 13.3. The summed E-state index contributed by atoms with van der Waals surface area (Å²) in [5.74, 6) is -0.888. The Morgan fingerprint density at radius 3 is 2.50 bits per heavy atom. The second-order valence-electron chi connectivity index (χ2n) is 4.28. The van der Waals surface area contributed by atoms with Gasteiger partial charge < -0.3 is 5.11 Å². The third-order valence-electron chi connectivity index (χ3n) is 2.53. The van der Waals surface area contributed by atoms with E-state index in [1.54, 1.807) is 10.9 Å². The molecule has 1 heterocycles. The van der Waals surface area contributed by atoms with Gasteiger partial charge >= 0.3 is 5.97 Å². The molecule has 0 amide bonds. The van der Waals surface area contributed by atoms with Crippen LogP contribution in [-0.2, 0) is 11.2 Å². The Hall–Kier alpha value is -1.62. The number of benzene rings is 1. The van der Waals surface area contributed by atoms with Crippen molar-refractivity contribution in [3.8, 4) is 5.69 Å². The predicted molar refractivity (Wildman–Crippen MR) is 72.1 cm³/mol. The molecule has 2 aromatic rings. The van der Waals surface area contributed by atoms with Gasteiger partial charge in [0.1, 0.15) is 0 Å². The lowest BCUT2D eigenvalue weighted by Crippen LogP contribution is -2.03. The number of carboxylic acids is 1. The first-order valence-electron chi connectivity index (χ1n) is 5.50. The van der Waals surface area contributed by atoms with Gasteiger partial charge in [0, 0.05) is 6.20 Å². The Balaban J connectivity index is 2.42. The summed E-state index contributed by atoms with van der Waals surface area (Å²) in [6, 6.07) is 6.11. The van der Waals surface area contributed by atoms with Crippen LogP contribution in [0, 0.1) is 13.8 Å². The van der Waals surface area contributed by atoms with E-state index in [2.05, 4.69) is 27.1 Å².